The van der Waals surface area contributed by atoms with Gasteiger partial charge in [0.25, 0.3) is 5.91 Å². The molecule has 1 aliphatic heterocycles. The number of aliphatic imine (C=N–C) groups is 1. The summed E-state index contributed by atoms with van der Waals surface area (Å²) in [6.45, 7) is 1.21. The Morgan fingerprint density at radius 3 is 2.67 bits per heavy atom. The molecule has 146 valence electrons. The third-order valence-corrected chi connectivity index (χ3v) is 4.07. The van der Waals surface area contributed by atoms with Crippen molar-refractivity contribution < 1.29 is 22.8 Å². The third-order valence-electron chi connectivity index (χ3n) is 3.78. The lowest BCUT2D eigenvalue weighted by Gasteiger charge is -2.31. The number of halogens is 3. The van der Waals surface area contributed by atoms with E-state index in [1.54, 1.807) is 0 Å². The number of carbonyl (C=O) groups is 2. The Bertz CT molecular complexity index is 765. The van der Waals surface area contributed by atoms with E-state index in [1.807, 2.05) is 19.0 Å². The number of alkyl halides is 3. The Kier molecular flexibility index (Phi) is 6.66. The molecule has 0 aliphatic carbocycles. The first kappa shape index (κ1) is 21.0. The van der Waals surface area contributed by atoms with Crippen LogP contribution in [0.5, 0.6) is 0 Å². The molecule has 1 heterocycles. The first-order chi connectivity index (χ1) is 12.6. The molecule has 0 aromatic heterocycles. The van der Waals surface area contributed by atoms with Gasteiger partial charge in [-0.25, -0.2) is 0 Å². The summed E-state index contributed by atoms with van der Waals surface area (Å²) in [5, 5.41) is 2.08. The van der Waals surface area contributed by atoms with Crippen molar-refractivity contribution >= 4 is 41.0 Å². The van der Waals surface area contributed by atoms with Crippen molar-refractivity contribution in [2.24, 2.45) is 10.9 Å². The maximum Gasteiger partial charge on any atom is 0.416 e. The van der Waals surface area contributed by atoms with Crippen molar-refractivity contribution in [1.29, 1.82) is 0 Å². The number of thiocarbonyl (C=S) groups is 1. The maximum atomic E-state index is 12.9. The SMILES string of the molecule is CN(C)CCCN=CC1C(=O)NC(=S)N(c2cccc(C(F)(F)F)c2)C1=O. The second kappa shape index (κ2) is 8.57. The minimum atomic E-state index is -4.56. The number of carbonyl (C=O) groups excluding carboxylic acids is 2. The van der Waals surface area contributed by atoms with Crippen LogP contribution in [0.4, 0.5) is 18.9 Å². The highest BCUT2D eigenvalue weighted by molar-refractivity contribution is 7.80. The summed E-state index contributed by atoms with van der Waals surface area (Å²) >= 11 is 4.98. The van der Waals surface area contributed by atoms with Crippen LogP contribution in [0.1, 0.15) is 12.0 Å². The number of rotatable bonds is 6. The minimum Gasteiger partial charge on any atom is -0.309 e. The largest absolute Gasteiger partial charge is 0.416 e. The van der Waals surface area contributed by atoms with Gasteiger partial charge >= 0.3 is 6.18 Å². The van der Waals surface area contributed by atoms with E-state index >= 15 is 0 Å². The molecule has 1 atom stereocenters. The van der Waals surface area contributed by atoms with Crippen LogP contribution >= 0.6 is 12.2 Å². The van der Waals surface area contributed by atoms with Gasteiger partial charge in [0, 0.05) is 12.8 Å². The van der Waals surface area contributed by atoms with Crippen molar-refractivity contribution in [1.82, 2.24) is 10.2 Å². The van der Waals surface area contributed by atoms with Crippen molar-refractivity contribution in [2.75, 3.05) is 32.1 Å². The molecule has 2 rings (SSSR count). The second-order valence-corrected chi connectivity index (χ2v) is 6.59. The van der Waals surface area contributed by atoms with Gasteiger partial charge in [0.2, 0.25) is 5.91 Å². The molecule has 1 unspecified atom stereocenters. The summed E-state index contributed by atoms with van der Waals surface area (Å²) in [5.74, 6) is -2.63. The fourth-order valence-electron chi connectivity index (χ4n) is 2.45. The molecule has 0 saturated carbocycles. The summed E-state index contributed by atoms with van der Waals surface area (Å²) in [6, 6.07) is 4.20. The highest BCUT2D eigenvalue weighted by atomic mass is 32.1. The van der Waals surface area contributed by atoms with Gasteiger partial charge in [-0.05, 0) is 57.5 Å². The molecule has 0 radical (unpaired) electrons. The lowest BCUT2D eigenvalue weighted by Crippen LogP contribution is -2.58. The summed E-state index contributed by atoms with van der Waals surface area (Å²) in [6.07, 6.45) is -2.61. The van der Waals surface area contributed by atoms with E-state index in [4.69, 9.17) is 12.2 Å². The topological polar surface area (TPSA) is 65.0 Å². The van der Waals surface area contributed by atoms with E-state index in [9.17, 15) is 22.8 Å². The lowest BCUT2D eigenvalue weighted by atomic mass is 10.1. The van der Waals surface area contributed by atoms with Gasteiger partial charge in [-0.15, -0.1) is 0 Å². The molecular formula is C17H19F3N4O2S. The van der Waals surface area contributed by atoms with Crippen molar-refractivity contribution in [3.05, 3.63) is 29.8 Å². The van der Waals surface area contributed by atoms with Gasteiger partial charge in [0.1, 0.15) is 0 Å². The van der Waals surface area contributed by atoms with E-state index in [0.717, 1.165) is 30.0 Å². The number of hydrogen-bond donors (Lipinski definition) is 1. The molecule has 1 aromatic rings. The predicted molar refractivity (Wildman–Crippen MR) is 99.7 cm³/mol. The summed E-state index contributed by atoms with van der Waals surface area (Å²) < 4.78 is 38.8. The Morgan fingerprint density at radius 1 is 1.33 bits per heavy atom. The van der Waals surface area contributed by atoms with Crippen LogP contribution in [0.25, 0.3) is 0 Å². The van der Waals surface area contributed by atoms with Crippen LogP contribution in [-0.2, 0) is 15.8 Å². The van der Waals surface area contributed by atoms with E-state index < -0.39 is 29.5 Å². The molecule has 1 fully saturated rings. The Balaban J connectivity index is 2.20. The summed E-state index contributed by atoms with van der Waals surface area (Å²) in [7, 11) is 3.82. The highest BCUT2D eigenvalue weighted by Gasteiger charge is 2.39. The smallest absolute Gasteiger partial charge is 0.309 e. The lowest BCUT2D eigenvalue weighted by molar-refractivity contribution is -0.137. The number of nitrogens with zero attached hydrogens (tertiary/aromatic N) is 3. The second-order valence-electron chi connectivity index (χ2n) is 6.21. The van der Waals surface area contributed by atoms with E-state index in [2.05, 4.69) is 10.3 Å². The van der Waals surface area contributed by atoms with Crippen LogP contribution in [0.15, 0.2) is 29.3 Å². The molecular weight excluding hydrogens is 381 g/mol. The molecule has 1 N–H and O–H groups in total. The molecule has 27 heavy (non-hydrogen) atoms. The van der Waals surface area contributed by atoms with Gasteiger partial charge in [0.15, 0.2) is 11.0 Å². The molecule has 1 saturated heterocycles. The molecule has 1 aromatic carbocycles. The third kappa shape index (κ3) is 5.33. The van der Waals surface area contributed by atoms with E-state index in [1.165, 1.54) is 18.3 Å². The fourth-order valence-corrected chi connectivity index (χ4v) is 2.74. The average molecular weight is 400 g/mol. The van der Waals surface area contributed by atoms with Crippen LogP contribution in [-0.4, -0.2) is 55.2 Å². The predicted octanol–water partition coefficient (Wildman–Crippen LogP) is 2.09. The van der Waals surface area contributed by atoms with Crippen molar-refractivity contribution in [2.45, 2.75) is 12.6 Å². The number of amides is 2. The van der Waals surface area contributed by atoms with Crippen molar-refractivity contribution in [3.8, 4) is 0 Å². The van der Waals surface area contributed by atoms with Crippen LogP contribution in [0.2, 0.25) is 0 Å². The Morgan fingerprint density at radius 2 is 2.04 bits per heavy atom. The molecule has 6 nitrogen and oxygen atoms in total. The monoisotopic (exact) mass is 400 g/mol. The van der Waals surface area contributed by atoms with E-state index in [0.29, 0.717) is 6.54 Å². The summed E-state index contributed by atoms with van der Waals surface area (Å²) in [4.78, 5) is 31.7. The van der Waals surface area contributed by atoms with Crippen LogP contribution in [0, 0.1) is 5.92 Å². The molecule has 0 spiro atoms. The molecule has 1 aliphatic rings. The summed E-state index contributed by atoms with van der Waals surface area (Å²) in [5.41, 5.74) is -0.979. The number of nitrogens with one attached hydrogen (secondary N) is 1. The van der Waals surface area contributed by atoms with Gasteiger partial charge in [-0.3, -0.25) is 19.5 Å². The number of benzene rings is 1. The zero-order valence-electron chi connectivity index (χ0n) is 14.8. The number of hydrogen-bond acceptors (Lipinski definition) is 5. The van der Waals surface area contributed by atoms with Crippen LogP contribution in [0.3, 0.4) is 0 Å². The normalized spacial score (nSPS) is 18.5. The first-order valence-corrected chi connectivity index (χ1v) is 8.53. The van der Waals surface area contributed by atoms with Gasteiger partial charge < -0.3 is 10.2 Å². The Labute approximate surface area is 160 Å². The number of anilines is 1. The van der Waals surface area contributed by atoms with Gasteiger partial charge in [-0.2, -0.15) is 13.2 Å². The zero-order chi connectivity index (χ0) is 20.2. The quantitative estimate of drug-likeness (QED) is 0.344. The maximum absolute atomic E-state index is 12.9. The Hall–Kier alpha value is -2.33. The molecule has 2 amide bonds. The highest BCUT2D eigenvalue weighted by Crippen LogP contribution is 2.32. The molecule has 0 bridgehead atoms. The van der Waals surface area contributed by atoms with Gasteiger partial charge in [-0.1, -0.05) is 6.07 Å². The minimum absolute atomic E-state index is 0.0640. The zero-order valence-corrected chi connectivity index (χ0v) is 15.6. The van der Waals surface area contributed by atoms with E-state index in [-0.39, 0.29) is 10.8 Å². The average Bonchev–Trinajstić information content (AvgIpc) is 2.56. The standard InChI is InChI=1S/C17H19F3N4O2S/c1-23(2)8-4-7-21-10-13-14(25)22-16(27)24(15(13)26)12-6-3-5-11(9-12)17(18,19)20/h3,5-6,9-10,13H,4,7-8H2,1-2H3,(H,22,25,27). The first-order valence-electron chi connectivity index (χ1n) is 8.12. The van der Waals surface area contributed by atoms with Gasteiger partial charge in [0.05, 0.1) is 11.3 Å². The van der Waals surface area contributed by atoms with Crippen molar-refractivity contribution in [3.63, 3.8) is 0 Å². The molecule has 10 heteroatoms. The fraction of sp³-hybridized carbons (Fsp3) is 0.412. The van der Waals surface area contributed by atoms with Crippen LogP contribution < -0.4 is 10.2 Å².